The Morgan fingerprint density at radius 1 is 1.00 bits per heavy atom. The summed E-state index contributed by atoms with van der Waals surface area (Å²) in [4.78, 5) is 15.4. The molecule has 1 saturated heterocycles. The average Bonchev–Trinajstić information content (AvgIpc) is 2.62. The molecule has 1 aliphatic heterocycles. The van der Waals surface area contributed by atoms with Crippen molar-refractivity contribution in [1.82, 2.24) is 4.90 Å². The Balaban J connectivity index is 1.83. The lowest BCUT2D eigenvalue weighted by Gasteiger charge is -2.39. The van der Waals surface area contributed by atoms with E-state index in [1.54, 1.807) is 0 Å². The molecule has 0 saturated carbocycles. The molecule has 0 N–H and O–H groups in total. The molecule has 0 bridgehead atoms. The molecular formula is C22H27NO2. The van der Waals surface area contributed by atoms with E-state index < -0.39 is 0 Å². The normalized spacial score (nSPS) is 24.2. The van der Waals surface area contributed by atoms with Crippen LogP contribution in [-0.4, -0.2) is 36.6 Å². The Kier molecular flexibility index (Phi) is 5.54. The van der Waals surface area contributed by atoms with Crippen LogP contribution in [0.1, 0.15) is 37.3 Å². The fourth-order valence-electron chi connectivity index (χ4n) is 3.64. The van der Waals surface area contributed by atoms with Crippen molar-refractivity contribution in [3.05, 3.63) is 71.8 Å². The predicted molar refractivity (Wildman–Crippen MR) is 100 cm³/mol. The number of ether oxygens (including phenoxy) is 1. The van der Waals surface area contributed by atoms with E-state index in [0.717, 1.165) is 24.1 Å². The second-order valence-corrected chi connectivity index (χ2v) is 7.23. The van der Waals surface area contributed by atoms with Crippen LogP contribution in [0, 0.1) is 5.92 Å². The summed E-state index contributed by atoms with van der Waals surface area (Å²) in [6.45, 7) is 5.32. The lowest BCUT2D eigenvalue weighted by Crippen LogP contribution is -2.47. The minimum absolute atomic E-state index is 0.0198. The van der Waals surface area contributed by atoms with Gasteiger partial charge in [0.2, 0.25) is 0 Å². The number of carbonyl (C=O) groups excluding carboxylic acids is 1. The topological polar surface area (TPSA) is 29.5 Å². The zero-order valence-electron chi connectivity index (χ0n) is 15.3. The van der Waals surface area contributed by atoms with E-state index in [2.05, 4.69) is 25.8 Å². The molecule has 1 heterocycles. The Hall–Kier alpha value is -2.13. The maximum Gasteiger partial charge on any atom is 0.318 e. The molecule has 0 amide bonds. The van der Waals surface area contributed by atoms with Gasteiger partial charge in [-0.05, 0) is 31.5 Å². The molecule has 1 fully saturated rings. The summed E-state index contributed by atoms with van der Waals surface area (Å²) in [6.07, 6.45) is 0.869. The molecule has 1 aliphatic rings. The SMILES string of the molecule is C[C@@H]1C[C@H](OC(=O)C(c2ccccc2)c2ccccc2)[C@@H](C)CN1C. The molecule has 0 spiro atoms. The lowest BCUT2D eigenvalue weighted by atomic mass is 9.90. The first kappa shape index (κ1) is 17.7. The molecule has 2 aromatic rings. The number of benzene rings is 2. The summed E-state index contributed by atoms with van der Waals surface area (Å²) in [6, 6.07) is 20.3. The monoisotopic (exact) mass is 337 g/mol. The van der Waals surface area contributed by atoms with E-state index in [1.807, 2.05) is 60.7 Å². The van der Waals surface area contributed by atoms with Gasteiger partial charge < -0.3 is 9.64 Å². The quantitative estimate of drug-likeness (QED) is 0.787. The molecule has 0 radical (unpaired) electrons. The van der Waals surface area contributed by atoms with Crippen LogP contribution in [0.15, 0.2) is 60.7 Å². The molecule has 132 valence electrons. The fourth-order valence-corrected chi connectivity index (χ4v) is 3.64. The maximum atomic E-state index is 13.1. The van der Waals surface area contributed by atoms with E-state index in [0.29, 0.717) is 12.0 Å². The van der Waals surface area contributed by atoms with Gasteiger partial charge in [0.05, 0.1) is 0 Å². The summed E-state index contributed by atoms with van der Waals surface area (Å²) in [5, 5.41) is 0. The molecule has 2 aromatic carbocycles. The van der Waals surface area contributed by atoms with E-state index in [4.69, 9.17) is 4.74 Å². The number of rotatable bonds is 4. The smallest absolute Gasteiger partial charge is 0.318 e. The first-order chi connectivity index (χ1) is 12.1. The van der Waals surface area contributed by atoms with Gasteiger partial charge in [-0.2, -0.15) is 0 Å². The number of nitrogens with zero attached hydrogens (tertiary/aromatic N) is 1. The molecule has 0 unspecified atom stereocenters. The Morgan fingerprint density at radius 2 is 1.52 bits per heavy atom. The average molecular weight is 337 g/mol. The minimum atomic E-state index is -0.371. The van der Waals surface area contributed by atoms with Crippen LogP contribution < -0.4 is 0 Å². The molecule has 0 aromatic heterocycles. The third-order valence-corrected chi connectivity index (χ3v) is 5.31. The van der Waals surface area contributed by atoms with Crippen LogP contribution in [0.2, 0.25) is 0 Å². The highest BCUT2D eigenvalue weighted by Crippen LogP contribution is 2.30. The zero-order valence-corrected chi connectivity index (χ0v) is 15.3. The van der Waals surface area contributed by atoms with Crippen molar-refractivity contribution in [2.24, 2.45) is 5.92 Å². The van der Waals surface area contributed by atoms with E-state index in [9.17, 15) is 4.79 Å². The van der Waals surface area contributed by atoms with Gasteiger partial charge in [0, 0.05) is 18.5 Å². The summed E-state index contributed by atoms with van der Waals surface area (Å²) in [7, 11) is 2.13. The molecule has 3 rings (SSSR count). The number of hydrogen-bond donors (Lipinski definition) is 0. The maximum absolute atomic E-state index is 13.1. The molecule has 25 heavy (non-hydrogen) atoms. The molecular weight excluding hydrogens is 310 g/mol. The summed E-state index contributed by atoms with van der Waals surface area (Å²) in [5.74, 6) is -0.173. The van der Waals surface area contributed by atoms with Gasteiger partial charge in [0.1, 0.15) is 12.0 Å². The molecule has 0 aliphatic carbocycles. The summed E-state index contributed by atoms with van der Waals surface area (Å²) in [5.41, 5.74) is 1.96. The van der Waals surface area contributed by atoms with Crippen LogP contribution in [0.25, 0.3) is 0 Å². The zero-order chi connectivity index (χ0) is 17.8. The van der Waals surface area contributed by atoms with Crippen molar-refractivity contribution in [3.63, 3.8) is 0 Å². The van der Waals surface area contributed by atoms with Crippen LogP contribution in [0.5, 0.6) is 0 Å². The Labute approximate surface area is 150 Å². The number of piperidine rings is 1. The highest BCUT2D eigenvalue weighted by molar-refractivity contribution is 5.82. The van der Waals surface area contributed by atoms with Crippen molar-refractivity contribution < 1.29 is 9.53 Å². The second-order valence-electron chi connectivity index (χ2n) is 7.23. The molecule has 3 nitrogen and oxygen atoms in total. The number of likely N-dealkylation sites (tertiary alicyclic amines) is 1. The van der Waals surface area contributed by atoms with Crippen molar-refractivity contribution in [1.29, 1.82) is 0 Å². The standard InChI is InChI=1S/C22H27NO2/c1-16-15-23(3)17(2)14-20(16)25-22(24)21(18-10-6-4-7-11-18)19-12-8-5-9-13-19/h4-13,16-17,20-21H,14-15H2,1-3H3/t16-,17+,20-/m0/s1. The summed E-state index contributed by atoms with van der Waals surface area (Å²) < 4.78 is 6.03. The third kappa shape index (κ3) is 4.10. The van der Waals surface area contributed by atoms with Crippen LogP contribution in [0.3, 0.4) is 0 Å². The Morgan fingerprint density at radius 3 is 2.04 bits per heavy atom. The molecule has 3 atom stereocenters. The van der Waals surface area contributed by atoms with Crippen molar-refractivity contribution in [2.75, 3.05) is 13.6 Å². The fraction of sp³-hybridized carbons (Fsp3) is 0.409. The van der Waals surface area contributed by atoms with Crippen LogP contribution in [0.4, 0.5) is 0 Å². The van der Waals surface area contributed by atoms with E-state index in [1.165, 1.54) is 0 Å². The summed E-state index contributed by atoms with van der Waals surface area (Å²) >= 11 is 0. The molecule has 3 heteroatoms. The van der Waals surface area contributed by atoms with Gasteiger partial charge >= 0.3 is 5.97 Å². The van der Waals surface area contributed by atoms with Gasteiger partial charge in [-0.1, -0.05) is 67.6 Å². The Bertz CT molecular complexity index is 646. The van der Waals surface area contributed by atoms with Gasteiger partial charge in [0.15, 0.2) is 0 Å². The van der Waals surface area contributed by atoms with Crippen molar-refractivity contribution in [3.8, 4) is 0 Å². The van der Waals surface area contributed by atoms with E-state index >= 15 is 0 Å². The lowest BCUT2D eigenvalue weighted by molar-refractivity contribution is -0.156. The van der Waals surface area contributed by atoms with Gasteiger partial charge in [-0.25, -0.2) is 0 Å². The van der Waals surface area contributed by atoms with Crippen molar-refractivity contribution in [2.45, 2.75) is 38.3 Å². The number of hydrogen-bond acceptors (Lipinski definition) is 3. The van der Waals surface area contributed by atoms with Gasteiger partial charge in [-0.3, -0.25) is 4.79 Å². The predicted octanol–water partition coefficient (Wildman–Crippen LogP) is 4.09. The largest absolute Gasteiger partial charge is 0.461 e. The number of esters is 1. The minimum Gasteiger partial charge on any atom is -0.461 e. The first-order valence-electron chi connectivity index (χ1n) is 9.07. The highest BCUT2D eigenvalue weighted by atomic mass is 16.5. The van der Waals surface area contributed by atoms with Crippen LogP contribution in [-0.2, 0) is 9.53 Å². The highest BCUT2D eigenvalue weighted by Gasteiger charge is 2.34. The van der Waals surface area contributed by atoms with Crippen molar-refractivity contribution >= 4 is 5.97 Å². The van der Waals surface area contributed by atoms with Crippen LogP contribution >= 0.6 is 0 Å². The van der Waals surface area contributed by atoms with Gasteiger partial charge in [0.25, 0.3) is 0 Å². The second kappa shape index (κ2) is 7.83. The van der Waals surface area contributed by atoms with E-state index in [-0.39, 0.29) is 18.0 Å². The first-order valence-corrected chi connectivity index (χ1v) is 9.07. The van der Waals surface area contributed by atoms with Gasteiger partial charge in [-0.15, -0.1) is 0 Å². The third-order valence-electron chi connectivity index (χ3n) is 5.31. The number of carbonyl (C=O) groups is 1.